The third-order valence-electron chi connectivity index (χ3n) is 3.01. The Morgan fingerprint density at radius 2 is 1.81 bits per heavy atom. The summed E-state index contributed by atoms with van der Waals surface area (Å²) in [6.07, 6.45) is -4.48. The van der Waals surface area contributed by atoms with Crippen LogP contribution in [0.5, 0.6) is 0 Å². The van der Waals surface area contributed by atoms with E-state index in [-0.39, 0.29) is 15.9 Å². The third-order valence-corrected chi connectivity index (χ3v) is 3.62. The van der Waals surface area contributed by atoms with Gasteiger partial charge in [0.25, 0.3) is 0 Å². The number of hydrogen-bond donors (Lipinski definition) is 1. The molecule has 0 fully saturated rings. The van der Waals surface area contributed by atoms with Gasteiger partial charge in [-0.1, -0.05) is 18.2 Å². The molecule has 1 aromatic heterocycles. The second kappa shape index (κ2) is 4.84. The lowest BCUT2D eigenvalue weighted by Gasteiger charge is -2.10. The number of benzene rings is 2. The molecule has 1 heterocycles. The third kappa shape index (κ3) is 2.53. The first-order valence-corrected chi connectivity index (χ1v) is 6.67. The van der Waals surface area contributed by atoms with E-state index in [1.807, 2.05) is 0 Å². The van der Waals surface area contributed by atoms with E-state index < -0.39 is 17.6 Å². The van der Waals surface area contributed by atoms with Gasteiger partial charge in [-0.05, 0) is 28.1 Å². The van der Waals surface area contributed by atoms with Crippen molar-refractivity contribution in [2.75, 3.05) is 0 Å². The summed E-state index contributed by atoms with van der Waals surface area (Å²) in [6.45, 7) is 0. The van der Waals surface area contributed by atoms with Crippen LogP contribution in [-0.4, -0.2) is 9.97 Å². The van der Waals surface area contributed by atoms with E-state index in [9.17, 15) is 17.6 Å². The van der Waals surface area contributed by atoms with Crippen molar-refractivity contribution in [1.29, 1.82) is 0 Å². The number of imidazole rings is 1. The molecule has 1 N–H and O–H groups in total. The van der Waals surface area contributed by atoms with Crippen molar-refractivity contribution in [1.82, 2.24) is 9.97 Å². The fourth-order valence-corrected chi connectivity index (χ4v) is 2.40. The standard InChI is InChI=1S/C14H7BrF4N2/c15-9-5-11-12(6-10(9)16)21-13(20-11)7-3-1-2-4-8(7)14(17,18)19/h1-6H,(H,20,21). The van der Waals surface area contributed by atoms with Crippen LogP contribution >= 0.6 is 15.9 Å². The topological polar surface area (TPSA) is 28.7 Å². The lowest BCUT2D eigenvalue weighted by atomic mass is 10.1. The molecule has 7 heteroatoms. The summed E-state index contributed by atoms with van der Waals surface area (Å²) in [5, 5.41) is 0. The van der Waals surface area contributed by atoms with Crippen LogP contribution in [0, 0.1) is 5.82 Å². The van der Waals surface area contributed by atoms with Gasteiger partial charge in [0.15, 0.2) is 0 Å². The highest BCUT2D eigenvalue weighted by molar-refractivity contribution is 9.10. The fourth-order valence-electron chi connectivity index (χ4n) is 2.07. The number of H-pyrrole nitrogens is 1. The molecule has 0 bridgehead atoms. The van der Waals surface area contributed by atoms with E-state index in [1.165, 1.54) is 30.3 Å². The highest BCUT2D eigenvalue weighted by Gasteiger charge is 2.34. The van der Waals surface area contributed by atoms with Crippen LogP contribution in [0.2, 0.25) is 0 Å². The van der Waals surface area contributed by atoms with Crippen molar-refractivity contribution in [2.45, 2.75) is 6.18 Å². The first-order valence-electron chi connectivity index (χ1n) is 5.87. The summed E-state index contributed by atoms with van der Waals surface area (Å²) in [5.41, 5.74) is -0.140. The Morgan fingerprint density at radius 3 is 2.52 bits per heavy atom. The lowest BCUT2D eigenvalue weighted by molar-refractivity contribution is -0.137. The second-order valence-electron chi connectivity index (χ2n) is 4.41. The van der Waals surface area contributed by atoms with Gasteiger partial charge in [0, 0.05) is 11.6 Å². The molecule has 0 aliphatic heterocycles. The van der Waals surface area contributed by atoms with Crippen molar-refractivity contribution in [3.05, 3.63) is 52.3 Å². The molecule has 0 aliphatic rings. The second-order valence-corrected chi connectivity index (χ2v) is 5.27. The van der Waals surface area contributed by atoms with Crippen LogP contribution < -0.4 is 0 Å². The van der Waals surface area contributed by atoms with Crippen molar-refractivity contribution < 1.29 is 17.6 Å². The van der Waals surface area contributed by atoms with E-state index in [4.69, 9.17) is 0 Å². The Kier molecular flexibility index (Phi) is 3.24. The minimum Gasteiger partial charge on any atom is -0.338 e. The number of nitrogens with one attached hydrogen (secondary N) is 1. The highest BCUT2D eigenvalue weighted by Crippen LogP contribution is 2.36. The molecule has 0 amide bonds. The van der Waals surface area contributed by atoms with E-state index in [1.54, 1.807) is 0 Å². The number of fused-ring (bicyclic) bond motifs is 1. The van der Waals surface area contributed by atoms with Gasteiger partial charge in [0.2, 0.25) is 0 Å². The van der Waals surface area contributed by atoms with Crippen LogP contribution in [0.4, 0.5) is 17.6 Å². The van der Waals surface area contributed by atoms with Gasteiger partial charge in [0.1, 0.15) is 11.6 Å². The number of aromatic nitrogens is 2. The molecule has 0 saturated carbocycles. The van der Waals surface area contributed by atoms with E-state index in [0.29, 0.717) is 11.0 Å². The number of hydrogen-bond acceptors (Lipinski definition) is 1. The minimum atomic E-state index is -4.48. The fraction of sp³-hybridized carbons (Fsp3) is 0.0714. The molecule has 0 atom stereocenters. The Morgan fingerprint density at radius 1 is 1.10 bits per heavy atom. The van der Waals surface area contributed by atoms with E-state index >= 15 is 0 Å². The van der Waals surface area contributed by atoms with Crippen LogP contribution in [0.25, 0.3) is 22.4 Å². The van der Waals surface area contributed by atoms with Crippen LogP contribution in [0.3, 0.4) is 0 Å². The van der Waals surface area contributed by atoms with Gasteiger partial charge < -0.3 is 4.98 Å². The predicted molar refractivity (Wildman–Crippen MR) is 74.2 cm³/mol. The molecular formula is C14H7BrF4N2. The van der Waals surface area contributed by atoms with Crippen molar-refractivity contribution in [2.24, 2.45) is 0 Å². The summed E-state index contributed by atoms with van der Waals surface area (Å²) >= 11 is 3.02. The predicted octanol–water partition coefficient (Wildman–Crippen LogP) is 5.15. The zero-order chi connectivity index (χ0) is 15.2. The zero-order valence-corrected chi connectivity index (χ0v) is 11.9. The SMILES string of the molecule is Fc1cc2[nH]c(-c3ccccc3C(F)(F)F)nc2cc1Br. The Hall–Kier alpha value is -1.89. The summed E-state index contributed by atoms with van der Waals surface area (Å²) in [6, 6.07) is 7.72. The summed E-state index contributed by atoms with van der Waals surface area (Å²) in [7, 11) is 0. The van der Waals surface area contributed by atoms with Crippen molar-refractivity contribution in [3.63, 3.8) is 0 Å². The molecule has 0 saturated heterocycles. The minimum absolute atomic E-state index is 0.0513. The average Bonchev–Trinajstić information content (AvgIpc) is 2.81. The van der Waals surface area contributed by atoms with E-state index in [0.717, 1.165) is 6.07 Å². The number of rotatable bonds is 1. The van der Waals surface area contributed by atoms with Crippen LogP contribution in [0.15, 0.2) is 40.9 Å². The summed E-state index contributed by atoms with van der Waals surface area (Å²) < 4.78 is 52.7. The largest absolute Gasteiger partial charge is 0.417 e. The molecule has 3 rings (SSSR count). The van der Waals surface area contributed by atoms with Gasteiger partial charge in [0.05, 0.1) is 21.1 Å². The molecule has 108 valence electrons. The Bertz CT molecular complexity index is 784. The molecular weight excluding hydrogens is 352 g/mol. The number of halogens is 5. The van der Waals surface area contributed by atoms with Crippen molar-refractivity contribution in [3.8, 4) is 11.4 Å². The molecule has 21 heavy (non-hydrogen) atoms. The van der Waals surface area contributed by atoms with Crippen LogP contribution in [0.1, 0.15) is 5.56 Å². The zero-order valence-electron chi connectivity index (χ0n) is 10.3. The highest BCUT2D eigenvalue weighted by atomic mass is 79.9. The normalized spacial score (nSPS) is 12.0. The maximum atomic E-state index is 13.5. The first kappa shape index (κ1) is 14.1. The number of nitrogens with zero attached hydrogens (tertiary/aromatic N) is 1. The Labute approximate surface area is 124 Å². The molecule has 3 aromatic rings. The monoisotopic (exact) mass is 358 g/mol. The molecule has 0 radical (unpaired) electrons. The number of alkyl halides is 3. The molecule has 2 nitrogen and oxygen atoms in total. The lowest BCUT2D eigenvalue weighted by Crippen LogP contribution is -2.07. The summed E-state index contributed by atoms with van der Waals surface area (Å²) in [4.78, 5) is 6.83. The van der Waals surface area contributed by atoms with Gasteiger partial charge in [-0.15, -0.1) is 0 Å². The van der Waals surface area contributed by atoms with Crippen LogP contribution in [-0.2, 0) is 6.18 Å². The van der Waals surface area contributed by atoms with Gasteiger partial charge in [-0.3, -0.25) is 0 Å². The maximum absolute atomic E-state index is 13.5. The first-order chi connectivity index (χ1) is 9.86. The van der Waals surface area contributed by atoms with E-state index in [2.05, 4.69) is 25.9 Å². The molecule has 0 aliphatic carbocycles. The quantitative estimate of drug-likeness (QED) is 0.598. The van der Waals surface area contributed by atoms with Crippen molar-refractivity contribution >= 4 is 27.0 Å². The molecule has 2 aromatic carbocycles. The maximum Gasteiger partial charge on any atom is 0.417 e. The van der Waals surface area contributed by atoms with Gasteiger partial charge in [-0.2, -0.15) is 13.2 Å². The molecule has 0 spiro atoms. The summed E-state index contributed by atoms with van der Waals surface area (Å²) in [5.74, 6) is -0.461. The smallest absolute Gasteiger partial charge is 0.338 e. The number of aromatic amines is 1. The molecule has 0 unspecified atom stereocenters. The average molecular weight is 359 g/mol. The Balaban J connectivity index is 2.22. The van der Waals surface area contributed by atoms with Gasteiger partial charge in [-0.25, -0.2) is 9.37 Å². The van der Waals surface area contributed by atoms with Gasteiger partial charge >= 0.3 is 6.18 Å².